The molecule has 3 nitrogen and oxygen atoms in total. The fourth-order valence-electron chi connectivity index (χ4n) is 1.99. The number of methoxy groups -OCH3 is 1. The van der Waals surface area contributed by atoms with Gasteiger partial charge in [0.1, 0.15) is 5.75 Å². The fraction of sp³-hybridized carbons (Fsp3) is 0.600. The molecule has 0 radical (unpaired) electrons. The van der Waals surface area contributed by atoms with Crippen molar-refractivity contribution < 1.29 is 14.6 Å². The van der Waals surface area contributed by atoms with Crippen molar-refractivity contribution in [3.8, 4) is 5.75 Å². The van der Waals surface area contributed by atoms with Crippen molar-refractivity contribution in [1.29, 1.82) is 0 Å². The zero-order chi connectivity index (χ0) is 13.4. The van der Waals surface area contributed by atoms with Crippen LogP contribution < -0.4 is 4.74 Å². The maximum Gasteiger partial charge on any atom is 0.124 e. The minimum atomic E-state index is 0.0449. The van der Waals surface area contributed by atoms with Crippen molar-refractivity contribution in [3.05, 3.63) is 29.3 Å². The van der Waals surface area contributed by atoms with E-state index >= 15 is 0 Å². The van der Waals surface area contributed by atoms with Gasteiger partial charge in [-0.2, -0.15) is 0 Å². The Labute approximate surface area is 110 Å². The van der Waals surface area contributed by atoms with Gasteiger partial charge in [-0.05, 0) is 30.0 Å². The Morgan fingerprint density at radius 2 is 2.11 bits per heavy atom. The maximum absolute atomic E-state index is 9.13. The molecule has 102 valence electrons. The summed E-state index contributed by atoms with van der Waals surface area (Å²) in [5.41, 5.74) is 1.88. The third-order valence-electron chi connectivity index (χ3n) is 2.97. The summed E-state index contributed by atoms with van der Waals surface area (Å²) in [7, 11) is 1.65. The summed E-state index contributed by atoms with van der Waals surface area (Å²) in [6.07, 6.45) is 2.38. The first-order chi connectivity index (χ1) is 8.71. The molecule has 3 heteroatoms. The van der Waals surface area contributed by atoms with Gasteiger partial charge in [0.2, 0.25) is 0 Å². The predicted molar refractivity (Wildman–Crippen MR) is 72.6 cm³/mol. The number of rotatable bonds is 8. The van der Waals surface area contributed by atoms with Crippen LogP contribution in [0.25, 0.3) is 0 Å². The van der Waals surface area contributed by atoms with Gasteiger partial charge >= 0.3 is 0 Å². The second-order valence-corrected chi connectivity index (χ2v) is 4.71. The van der Waals surface area contributed by atoms with Crippen molar-refractivity contribution in [2.45, 2.75) is 39.9 Å². The summed E-state index contributed by atoms with van der Waals surface area (Å²) in [5, 5.41) is 9.13. The van der Waals surface area contributed by atoms with Crippen molar-refractivity contribution in [2.75, 3.05) is 13.7 Å². The molecule has 0 aliphatic heterocycles. The third-order valence-corrected chi connectivity index (χ3v) is 2.97. The molecule has 0 spiro atoms. The molecular formula is C15H24O3. The number of ether oxygens (including phenoxy) is 2. The lowest BCUT2D eigenvalue weighted by Gasteiger charge is -2.13. The zero-order valence-corrected chi connectivity index (χ0v) is 11.6. The van der Waals surface area contributed by atoms with Crippen LogP contribution in [0.15, 0.2) is 18.2 Å². The van der Waals surface area contributed by atoms with Crippen LogP contribution in [0.3, 0.4) is 0 Å². The Morgan fingerprint density at radius 3 is 2.72 bits per heavy atom. The van der Waals surface area contributed by atoms with E-state index in [4.69, 9.17) is 14.6 Å². The molecule has 0 aliphatic carbocycles. The highest BCUT2D eigenvalue weighted by Gasteiger charge is 2.06. The molecule has 0 saturated carbocycles. The first-order valence-corrected chi connectivity index (χ1v) is 6.55. The first-order valence-electron chi connectivity index (χ1n) is 6.55. The van der Waals surface area contributed by atoms with Crippen LogP contribution in [0, 0.1) is 5.92 Å². The molecule has 0 fully saturated rings. The molecule has 1 N–H and O–H groups in total. The van der Waals surface area contributed by atoms with Crippen LogP contribution in [0.1, 0.15) is 37.8 Å². The molecule has 18 heavy (non-hydrogen) atoms. The zero-order valence-electron chi connectivity index (χ0n) is 11.6. The SMILES string of the molecule is CCCC(C)COCc1cc(CO)ccc1OC. The van der Waals surface area contributed by atoms with Gasteiger partial charge in [-0.25, -0.2) is 0 Å². The van der Waals surface area contributed by atoms with Crippen molar-refractivity contribution in [2.24, 2.45) is 5.92 Å². The molecule has 0 amide bonds. The fourth-order valence-corrected chi connectivity index (χ4v) is 1.99. The monoisotopic (exact) mass is 252 g/mol. The summed E-state index contributed by atoms with van der Waals surface area (Å²) in [6.45, 7) is 5.73. The minimum Gasteiger partial charge on any atom is -0.496 e. The quantitative estimate of drug-likeness (QED) is 0.772. The summed E-state index contributed by atoms with van der Waals surface area (Å²) >= 11 is 0. The second-order valence-electron chi connectivity index (χ2n) is 4.71. The number of benzene rings is 1. The smallest absolute Gasteiger partial charge is 0.124 e. The molecule has 0 saturated heterocycles. The van der Waals surface area contributed by atoms with E-state index < -0.39 is 0 Å². The molecule has 1 rings (SSSR count). The van der Waals surface area contributed by atoms with Gasteiger partial charge in [0.25, 0.3) is 0 Å². The lowest BCUT2D eigenvalue weighted by Crippen LogP contribution is -2.06. The van der Waals surface area contributed by atoms with E-state index in [1.807, 2.05) is 18.2 Å². The molecule has 0 bridgehead atoms. The van der Waals surface area contributed by atoms with Crippen LogP contribution in [0.5, 0.6) is 5.75 Å². The molecule has 1 atom stereocenters. The lowest BCUT2D eigenvalue weighted by molar-refractivity contribution is 0.0878. The van der Waals surface area contributed by atoms with E-state index in [0.29, 0.717) is 12.5 Å². The van der Waals surface area contributed by atoms with Crippen LogP contribution in [0.4, 0.5) is 0 Å². The van der Waals surface area contributed by atoms with Crippen LogP contribution in [-0.4, -0.2) is 18.8 Å². The molecule has 0 aliphatic rings. The highest BCUT2D eigenvalue weighted by molar-refractivity contribution is 5.36. The summed E-state index contributed by atoms with van der Waals surface area (Å²) in [5.74, 6) is 1.40. The minimum absolute atomic E-state index is 0.0449. The highest BCUT2D eigenvalue weighted by Crippen LogP contribution is 2.21. The van der Waals surface area contributed by atoms with Gasteiger partial charge in [-0.3, -0.25) is 0 Å². The number of aliphatic hydroxyl groups is 1. The summed E-state index contributed by atoms with van der Waals surface area (Å²) in [6, 6.07) is 5.67. The molecular weight excluding hydrogens is 228 g/mol. The maximum atomic E-state index is 9.13. The van der Waals surface area contributed by atoms with Crippen molar-refractivity contribution in [3.63, 3.8) is 0 Å². The largest absolute Gasteiger partial charge is 0.496 e. The topological polar surface area (TPSA) is 38.7 Å². The van der Waals surface area contributed by atoms with Crippen LogP contribution >= 0.6 is 0 Å². The number of hydrogen-bond donors (Lipinski definition) is 1. The van der Waals surface area contributed by atoms with Gasteiger partial charge in [-0.15, -0.1) is 0 Å². The average molecular weight is 252 g/mol. The molecule has 0 heterocycles. The van der Waals surface area contributed by atoms with Gasteiger partial charge in [-0.1, -0.05) is 26.3 Å². The van der Waals surface area contributed by atoms with Gasteiger partial charge in [0, 0.05) is 12.2 Å². The van der Waals surface area contributed by atoms with Crippen LogP contribution in [-0.2, 0) is 18.0 Å². The van der Waals surface area contributed by atoms with E-state index in [9.17, 15) is 0 Å². The number of hydrogen-bond acceptors (Lipinski definition) is 3. The van der Waals surface area contributed by atoms with Gasteiger partial charge in [0.15, 0.2) is 0 Å². The number of aliphatic hydroxyl groups excluding tert-OH is 1. The van der Waals surface area contributed by atoms with E-state index in [1.165, 1.54) is 12.8 Å². The van der Waals surface area contributed by atoms with Crippen LogP contribution in [0.2, 0.25) is 0 Å². The third kappa shape index (κ3) is 4.67. The first kappa shape index (κ1) is 15.0. The van der Waals surface area contributed by atoms with E-state index in [2.05, 4.69) is 13.8 Å². The Balaban J connectivity index is 2.54. The summed E-state index contributed by atoms with van der Waals surface area (Å²) < 4.78 is 11.0. The van der Waals surface area contributed by atoms with Gasteiger partial charge in [0.05, 0.1) is 20.3 Å². The van der Waals surface area contributed by atoms with Gasteiger partial charge < -0.3 is 14.6 Å². The van der Waals surface area contributed by atoms with E-state index in [1.54, 1.807) is 7.11 Å². The van der Waals surface area contributed by atoms with E-state index in [-0.39, 0.29) is 6.61 Å². The van der Waals surface area contributed by atoms with Crippen molar-refractivity contribution >= 4 is 0 Å². The molecule has 1 unspecified atom stereocenters. The molecule has 1 aromatic rings. The van der Waals surface area contributed by atoms with Crippen molar-refractivity contribution in [1.82, 2.24) is 0 Å². The average Bonchev–Trinajstić information content (AvgIpc) is 2.39. The normalized spacial score (nSPS) is 12.4. The Kier molecular flexibility index (Phi) is 6.76. The second kappa shape index (κ2) is 8.11. The summed E-state index contributed by atoms with van der Waals surface area (Å²) in [4.78, 5) is 0. The Bertz CT molecular complexity index is 350. The Hall–Kier alpha value is -1.06. The highest BCUT2D eigenvalue weighted by atomic mass is 16.5. The van der Waals surface area contributed by atoms with E-state index in [0.717, 1.165) is 23.5 Å². The lowest BCUT2D eigenvalue weighted by atomic mass is 10.1. The molecule has 0 aromatic heterocycles. The molecule has 1 aromatic carbocycles. The Morgan fingerprint density at radius 1 is 1.33 bits per heavy atom. The standard InChI is InChI=1S/C15H24O3/c1-4-5-12(2)10-18-11-14-8-13(9-16)6-7-15(14)17-3/h6-8,12,16H,4-5,9-11H2,1-3H3. The predicted octanol–water partition coefficient (Wildman–Crippen LogP) is 3.14.